The van der Waals surface area contributed by atoms with Crippen LogP contribution in [0.15, 0.2) is 30.0 Å². The van der Waals surface area contributed by atoms with E-state index >= 15 is 0 Å². The molecule has 0 aliphatic carbocycles. The number of hydrogen-bond acceptors (Lipinski definition) is 4. The highest BCUT2D eigenvalue weighted by atomic mass is 19.1. The number of anilines is 1. The Labute approximate surface area is 109 Å². The number of halogens is 1. The molecule has 100 valence electrons. The van der Waals surface area contributed by atoms with Crippen LogP contribution in [0.5, 0.6) is 0 Å². The first-order valence-corrected chi connectivity index (χ1v) is 5.75. The average molecular weight is 264 g/mol. The predicted octanol–water partition coefficient (Wildman–Crippen LogP) is 0.791. The van der Waals surface area contributed by atoms with E-state index in [2.05, 4.69) is 5.32 Å². The number of β-amino-alcohol motifs (C(OH)–C–C–N with tert-alkyl or cyclic N) is 1. The molecular weight excluding hydrogens is 251 g/mol. The Kier molecular flexibility index (Phi) is 3.62. The molecule has 2 rings (SSSR count). The zero-order valence-electron chi connectivity index (χ0n) is 10.3. The van der Waals surface area contributed by atoms with Crippen molar-refractivity contribution in [2.45, 2.75) is 6.92 Å². The van der Waals surface area contributed by atoms with Crippen LogP contribution in [0, 0.1) is 12.7 Å². The van der Waals surface area contributed by atoms with Crippen LogP contribution in [0.3, 0.4) is 0 Å². The zero-order valence-corrected chi connectivity index (χ0v) is 10.3. The van der Waals surface area contributed by atoms with E-state index in [1.807, 2.05) is 0 Å². The summed E-state index contributed by atoms with van der Waals surface area (Å²) < 4.78 is 13.4. The number of benzene rings is 1. The van der Waals surface area contributed by atoms with Gasteiger partial charge in [0.1, 0.15) is 11.5 Å². The Morgan fingerprint density at radius 2 is 2.11 bits per heavy atom. The lowest BCUT2D eigenvalue weighted by atomic mass is 10.2. The summed E-state index contributed by atoms with van der Waals surface area (Å²) in [5, 5.41) is 11.5. The number of carbonyl (C=O) groups is 2. The number of hydrogen-bond donors (Lipinski definition) is 2. The quantitative estimate of drug-likeness (QED) is 0.789. The smallest absolute Gasteiger partial charge is 0.277 e. The van der Waals surface area contributed by atoms with Crippen LogP contribution in [0.2, 0.25) is 0 Å². The van der Waals surface area contributed by atoms with Crippen LogP contribution in [-0.2, 0) is 9.59 Å². The van der Waals surface area contributed by atoms with E-state index in [1.54, 1.807) is 13.0 Å². The summed E-state index contributed by atoms with van der Waals surface area (Å²) in [6.07, 6.45) is 1.14. The van der Waals surface area contributed by atoms with Crippen LogP contribution in [0.4, 0.5) is 10.1 Å². The third-order valence-corrected chi connectivity index (χ3v) is 2.87. The fourth-order valence-electron chi connectivity index (χ4n) is 1.80. The minimum atomic E-state index is -0.525. The molecule has 0 aromatic heterocycles. The molecule has 2 N–H and O–H groups in total. The van der Waals surface area contributed by atoms with Crippen molar-refractivity contribution in [1.82, 2.24) is 4.90 Å². The normalized spacial score (nSPS) is 14.9. The molecule has 0 bridgehead atoms. The number of nitrogens with zero attached hydrogens (tertiary/aromatic N) is 1. The Morgan fingerprint density at radius 1 is 1.37 bits per heavy atom. The van der Waals surface area contributed by atoms with Gasteiger partial charge in [0, 0.05) is 17.3 Å². The van der Waals surface area contributed by atoms with Gasteiger partial charge in [0.15, 0.2) is 0 Å². The van der Waals surface area contributed by atoms with E-state index in [1.165, 1.54) is 12.1 Å². The maximum Gasteiger partial charge on any atom is 0.277 e. The standard InChI is InChI=1S/C13H13FN2O3/c1-8-9(14)3-2-4-10(8)15-11-7-12(18)16(5-6-17)13(11)19/h2-4,7,15,17H,5-6H2,1H3. The van der Waals surface area contributed by atoms with Gasteiger partial charge >= 0.3 is 0 Å². The number of imide groups is 1. The van der Waals surface area contributed by atoms with Crippen molar-refractivity contribution >= 4 is 17.5 Å². The number of nitrogens with one attached hydrogen (secondary N) is 1. The molecule has 5 nitrogen and oxygen atoms in total. The van der Waals surface area contributed by atoms with Crippen molar-refractivity contribution in [2.75, 3.05) is 18.5 Å². The lowest BCUT2D eigenvalue weighted by Crippen LogP contribution is -2.34. The second kappa shape index (κ2) is 5.19. The summed E-state index contributed by atoms with van der Waals surface area (Å²) in [5.41, 5.74) is 0.870. The number of rotatable bonds is 4. The molecule has 1 aliphatic heterocycles. The summed E-state index contributed by atoms with van der Waals surface area (Å²) in [7, 11) is 0. The zero-order chi connectivity index (χ0) is 14.0. The summed E-state index contributed by atoms with van der Waals surface area (Å²) in [6.45, 7) is 1.23. The molecule has 2 amide bonds. The molecule has 0 radical (unpaired) electrons. The Morgan fingerprint density at radius 3 is 2.79 bits per heavy atom. The number of aliphatic hydroxyl groups excluding tert-OH is 1. The van der Waals surface area contributed by atoms with Crippen molar-refractivity contribution in [3.8, 4) is 0 Å². The van der Waals surface area contributed by atoms with Crippen LogP contribution in [0.25, 0.3) is 0 Å². The van der Waals surface area contributed by atoms with Gasteiger partial charge in [-0.3, -0.25) is 14.5 Å². The molecule has 0 unspecified atom stereocenters. The van der Waals surface area contributed by atoms with Gasteiger partial charge in [-0.05, 0) is 19.1 Å². The monoisotopic (exact) mass is 264 g/mol. The summed E-state index contributed by atoms with van der Waals surface area (Å²) in [5.74, 6) is -1.41. The average Bonchev–Trinajstić information content (AvgIpc) is 2.63. The second-order valence-electron chi connectivity index (χ2n) is 4.11. The first kappa shape index (κ1) is 13.2. The maximum absolute atomic E-state index is 13.4. The van der Waals surface area contributed by atoms with Gasteiger partial charge in [0.25, 0.3) is 11.8 Å². The van der Waals surface area contributed by atoms with Crippen LogP contribution in [0.1, 0.15) is 5.56 Å². The Balaban J connectivity index is 2.21. The minimum absolute atomic E-state index is 0.0541. The largest absolute Gasteiger partial charge is 0.395 e. The molecule has 19 heavy (non-hydrogen) atoms. The fourth-order valence-corrected chi connectivity index (χ4v) is 1.80. The van der Waals surface area contributed by atoms with Gasteiger partial charge in [-0.1, -0.05) is 6.07 Å². The molecule has 1 aromatic carbocycles. The highest BCUT2D eigenvalue weighted by molar-refractivity contribution is 6.17. The van der Waals surface area contributed by atoms with Gasteiger partial charge in [0.2, 0.25) is 0 Å². The fraction of sp³-hybridized carbons (Fsp3) is 0.231. The number of amides is 2. The van der Waals surface area contributed by atoms with Gasteiger partial charge < -0.3 is 10.4 Å². The van der Waals surface area contributed by atoms with Gasteiger partial charge in [-0.2, -0.15) is 0 Å². The van der Waals surface area contributed by atoms with E-state index in [-0.39, 0.29) is 18.8 Å². The van der Waals surface area contributed by atoms with Crippen molar-refractivity contribution < 1.29 is 19.1 Å². The van der Waals surface area contributed by atoms with Crippen LogP contribution >= 0.6 is 0 Å². The van der Waals surface area contributed by atoms with Gasteiger partial charge in [-0.25, -0.2) is 4.39 Å². The third-order valence-electron chi connectivity index (χ3n) is 2.87. The SMILES string of the molecule is Cc1c(F)cccc1NC1=CC(=O)N(CCO)C1=O. The molecule has 0 saturated carbocycles. The molecule has 0 spiro atoms. The summed E-state index contributed by atoms with van der Waals surface area (Å²) in [6, 6.07) is 4.44. The first-order valence-electron chi connectivity index (χ1n) is 5.75. The molecule has 1 heterocycles. The highest BCUT2D eigenvalue weighted by Crippen LogP contribution is 2.21. The third kappa shape index (κ3) is 2.48. The second-order valence-corrected chi connectivity index (χ2v) is 4.11. The summed E-state index contributed by atoms with van der Waals surface area (Å²) >= 11 is 0. The van der Waals surface area contributed by atoms with E-state index in [0.29, 0.717) is 11.3 Å². The van der Waals surface area contributed by atoms with Crippen LogP contribution < -0.4 is 5.32 Å². The molecular formula is C13H13FN2O3. The lowest BCUT2D eigenvalue weighted by Gasteiger charge is -2.14. The highest BCUT2D eigenvalue weighted by Gasteiger charge is 2.30. The van der Waals surface area contributed by atoms with Crippen molar-refractivity contribution in [3.05, 3.63) is 41.4 Å². The summed E-state index contributed by atoms with van der Waals surface area (Å²) in [4.78, 5) is 24.3. The number of aliphatic hydroxyl groups is 1. The van der Waals surface area contributed by atoms with E-state index in [9.17, 15) is 14.0 Å². The van der Waals surface area contributed by atoms with Crippen molar-refractivity contribution in [2.24, 2.45) is 0 Å². The molecule has 1 aromatic rings. The van der Waals surface area contributed by atoms with Crippen molar-refractivity contribution in [1.29, 1.82) is 0 Å². The van der Waals surface area contributed by atoms with Crippen LogP contribution in [-0.4, -0.2) is 35.0 Å². The molecule has 0 atom stereocenters. The molecule has 0 fully saturated rings. The Bertz CT molecular complexity index is 569. The Hall–Kier alpha value is -2.21. The maximum atomic E-state index is 13.4. The van der Waals surface area contributed by atoms with E-state index in [4.69, 9.17) is 5.11 Å². The molecule has 6 heteroatoms. The topological polar surface area (TPSA) is 69.6 Å². The van der Waals surface area contributed by atoms with E-state index < -0.39 is 17.6 Å². The molecule has 1 aliphatic rings. The minimum Gasteiger partial charge on any atom is -0.395 e. The van der Waals surface area contributed by atoms with Crippen molar-refractivity contribution in [3.63, 3.8) is 0 Å². The van der Waals surface area contributed by atoms with Gasteiger partial charge in [-0.15, -0.1) is 0 Å². The lowest BCUT2D eigenvalue weighted by molar-refractivity contribution is -0.137. The molecule has 0 saturated heterocycles. The van der Waals surface area contributed by atoms with E-state index in [0.717, 1.165) is 11.0 Å². The van der Waals surface area contributed by atoms with Gasteiger partial charge in [0.05, 0.1) is 13.2 Å². The predicted molar refractivity (Wildman–Crippen MR) is 66.6 cm³/mol. The number of carbonyl (C=O) groups excluding carboxylic acids is 2. The first-order chi connectivity index (χ1) is 9.04.